The minimum absolute atomic E-state index is 0. The normalized spacial score (nSPS) is 20.2. The summed E-state index contributed by atoms with van der Waals surface area (Å²) in [6.07, 6.45) is 5.02. The molecule has 0 spiro atoms. The zero-order valence-corrected chi connectivity index (χ0v) is 12.0. The fourth-order valence-corrected chi connectivity index (χ4v) is 2.95. The summed E-state index contributed by atoms with van der Waals surface area (Å²) in [5, 5.41) is 3.33. The van der Waals surface area contributed by atoms with Crippen LogP contribution in [0.1, 0.15) is 24.1 Å². The third-order valence-corrected chi connectivity index (χ3v) is 3.90. The largest absolute Gasteiger partial charge is 0.375 e. The van der Waals surface area contributed by atoms with Crippen molar-refractivity contribution in [1.29, 1.82) is 0 Å². The number of nitrogen functional groups attached to an aromatic ring is 1. The van der Waals surface area contributed by atoms with E-state index in [4.69, 9.17) is 5.73 Å². The molecule has 0 saturated carbocycles. The number of hydrogen-bond acceptors (Lipinski definition) is 5. The van der Waals surface area contributed by atoms with Gasteiger partial charge in [0, 0.05) is 24.7 Å². The van der Waals surface area contributed by atoms with E-state index in [9.17, 15) is 4.79 Å². The van der Waals surface area contributed by atoms with Gasteiger partial charge in [-0.25, -0.2) is 4.98 Å². The van der Waals surface area contributed by atoms with E-state index in [2.05, 4.69) is 15.2 Å². The summed E-state index contributed by atoms with van der Waals surface area (Å²) in [6, 6.07) is -0.00271. The van der Waals surface area contributed by atoms with Crippen molar-refractivity contribution < 1.29 is 4.79 Å². The molecule has 1 aliphatic rings. The fourth-order valence-electron chi connectivity index (χ4n) is 2.24. The van der Waals surface area contributed by atoms with Gasteiger partial charge >= 0.3 is 0 Å². The Morgan fingerprint density at radius 2 is 2.44 bits per heavy atom. The van der Waals surface area contributed by atoms with Crippen molar-refractivity contribution >= 4 is 34.8 Å². The predicted molar refractivity (Wildman–Crippen MR) is 75.9 cm³/mol. The molecule has 0 radical (unpaired) electrons. The summed E-state index contributed by atoms with van der Waals surface area (Å²) >= 11 is 1.50. The van der Waals surface area contributed by atoms with Gasteiger partial charge in [-0.15, -0.1) is 23.7 Å². The van der Waals surface area contributed by atoms with E-state index in [-0.39, 0.29) is 24.4 Å². The Morgan fingerprint density at radius 3 is 3.06 bits per heavy atom. The van der Waals surface area contributed by atoms with E-state index in [0.717, 1.165) is 37.2 Å². The lowest BCUT2D eigenvalue weighted by Gasteiger charge is -2.33. The number of thiazole rings is 1. The van der Waals surface area contributed by atoms with Gasteiger partial charge in [0.1, 0.15) is 0 Å². The van der Waals surface area contributed by atoms with Gasteiger partial charge in [0.2, 0.25) is 5.91 Å². The molecule has 5 nitrogen and oxygen atoms in total. The van der Waals surface area contributed by atoms with Crippen LogP contribution in [-0.2, 0) is 11.3 Å². The second-order valence-corrected chi connectivity index (χ2v) is 5.41. The molecule has 2 heterocycles. The monoisotopic (exact) mass is 290 g/mol. The van der Waals surface area contributed by atoms with Crippen molar-refractivity contribution in [1.82, 2.24) is 15.2 Å². The number of hydrogen-bond donors (Lipinski definition) is 2. The van der Waals surface area contributed by atoms with Gasteiger partial charge in [-0.05, 0) is 19.4 Å². The van der Waals surface area contributed by atoms with Crippen molar-refractivity contribution in [3.8, 4) is 0 Å². The van der Waals surface area contributed by atoms with Gasteiger partial charge in [-0.1, -0.05) is 6.42 Å². The predicted octanol–water partition coefficient (Wildman–Crippen LogP) is 1.25. The van der Waals surface area contributed by atoms with Crippen LogP contribution >= 0.6 is 23.7 Å². The second kappa shape index (κ2) is 6.92. The summed E-state index contributed by atoms with van der Waals surface area (Å²) in [7, 11) is 1.69. The fraction of sp³-hybridized carbons (Fsp3) is 0.636. The number of likely N-dealkylation sites (tertiary alicyclic amines) is 1. The zero-order valence-electron chi connectivity index (χ0n) is 10.4. The molecule has 1 aromatic rings. The summed E-state index contributed by atoms with van der Waals surface area (Å²) in [5.41, 5.74) is 5.61. The standard InChI is InChI=1S/C11H18N4OS.ClH/c1-13-10(16)9-4-2-3-5-15(9)7-8-6-14-11(12)17-8;/h6,9H,2-5,7H2,1H3,(H2,12,14)(H,13,16);1H. The van der Waals surface area contributed by atoms with Crippen LogP contribution in [0, 0.1) is 0 Å². The molecule has 1 atom stereocenters. The number of carbonyl (C=O) groups is 1. The van der Waals surface area contributed by atoms with Gasteiger partial charge < -0.3 is 11.1 Å². The number of amides is 1. The lowest BCUT2D eigenvalue weighted by Crippen LogP contribution is -2.48. The highest BCUT2D eigenvalue weighted by molar-refractivity contribution is 7.15. The highest BCUT2D eigenvalue weighted by atomic mass is 35.5. The number of nitrogens with zero attached hydrogens (tertiary/aromatic N) is 2. The molecule has 0 aromatic carbocycles. The van der Waals surface area contributed by atoms with E-state index in [0.29, 0.717) is 5.13 Å². The van der Waals surface area contributed by atoms with E-state index in [1.807, 2.05) is 0 Å². The van der Waals surface area contributed by atoms with Crippen molar-refractivity contribution in [2.45, 2.75) is 31.8 Å². The number of nitrogens with one attached hydrogen (secondary N) is 1. The van der Waals surface area contributed by atoms with Gasteiger partial charge in [-0.2, -0.15) is 0 Å². The maximum atomic E-state index is 11.8. The Bertz CT molecular complexity index is 398. The number of aromatic nitrogens is 1. The first-order valence-electron chi connectivity index (χ1n) is 5.86. The molecule has 1 unspecified atom stereocenters. The molecule has 102 valence electrons. The van der Waals surface area contributed by atoms with Crippen LogP contribution in [0.3, 0.4) is 0 Å². The minimum Gasteiger partial charge on any atom is -0.375 e. The molecule has 18 heavy (non-hydrogen) atoms. The van der Waals surface area contributed by atoms with Crippen LogP contribution in [0.2, 0.25) is 0 Å². The smallest absolute Gasteiger partial charge is 0.237 e. The van der Waals surface area contributed by atoms with Crippen molar-refractivity contribution in [2.75, 3.05) is 19.3 Å². The Kier molecular flexibility index (Phi) is 5.84. The first-order chi connectivity index (χ1) is 8.20. The summed E-state index contributed by atoms with van der Waals surface area (Å²) in [5.74, 6) is 0.113. The topological polar surface area (TPSA) is 71.2 Å². The van der Waals surface area contributed by atoms with Crippen molar-refractivity contribution in [2.24, 2.45) is 0 Å². The van der Waals surface area contributed by atoms with E-state index >= 15 is 0 Å². The van der Waals surface area contributed by atoms with Gasteiger partial charge in [0.25, 0.3) is 0 Å². The number of nitrogens with two attached hydrogens (primary N) is 1. The first kappa shape index (κ1) is 15.2. The van der Waals surface area contributed by atoms with E-state index in [1.165, 1.54) is 11.3 Å². The molecule has 2 rings (SSSR count). The summed E-state index contributed by atoms with van der Waals surface area (Å²) in [4.78, 5) is 19.2. The molecular formula is C11H19ClN4OS. The number of carbonyl (C=O) groups excluding carboxylic acids is 1. The third kappa shape index (κ3) is 3.57. The minimum atomic E-state index is -0.00271. The third-order valence-electron chi connectivity index (χ3n) is 3.09. The molecular weight excluding hydrogens is 272 g/mol. The molecule has 0 bridgehead atoms. The van der Waals surface area contributed by atoms with Crippen LogP contribution in [0.25, 0.3) is 0 Å². The molecule has 7 heteroatoms. The molecule has 1 saturated heterocycles. The number of piperidine rings is 1. The highest BCUT2D eigenvalue weighted by Crippen LogP contribution is 2.23. The Hall–Kier alpha value is -0.850. The van der Waals surface area contributed by atoms with Crippen LogP contribution in [-0.4, -0.2) is 35.4 Å². The molecule has 3 N–H and O–H groups in total. The van der Waals surface area contributed by atoms with Crippen LogP contribution in [0.5, 0.6) is 0 Å². The molecule has 0 aliphatic carbocycles. The first-order valence-corrected chi connectivity index (χ1v) is 6.68. The van der Waals surface area contributed by atoms with E-state index in [1.54, 1.807) is 13.2 Å². The Morgan fingerprint density at radius 1 is 1.67 bits per heavy atom. The van der Waals surface area contributed by atoms with Crippen molar-refractivity contribution in [3.05, 3.63) is 11.1 Å². The second-order valence-electron chi connectivity index (χ2n) is 4.26. The quantitative estimate of drug-likeness (QED) is 0.879. The maximum Gasteiger partial charge on any atom is 0.237 e. The SMILES string of the molecule is CNC(=O)C1CCCCN1Cc1cnc(N)s1.Cl. The average molecular weight is 291 g/mol. The molecule has 1 amide bonds. The summed E-state index contributed by atoms with van der Waals surface area (Å²) < 4.78 is 0. The van der Waals surface area contributed by atoms with Crippen LogP contribution < -0.4 is 11.1 Å². The zero-order chi connectivity index (χ0) is 12.3. The Labute approximate surface area is 117 Å². The molecule has 1 fully saturated rings. The molecule has 1 aliphatic heterocycles. The summed E-state index contributed by atoms with van der Waals surface area (Å²) in [6.45, 7) is 1.74. The average Bonchev–Trinajstić information content (AvgIpc) is 2.74. The van der Waals surface area contributed by atoms with Gasteiger partial charge in [0.05, 0.1) is 6.04 Å². The lowest BCUT2D eigenvalue weighted by atomic mass is 10.0. The number of halogens is 1. The Balaban J connectivity index is 0.00000162. The number of rotatable bonds is 3. The highest BCUT2D eigenvalue weighted by Gasteiger charge is 2.28. The van der Waals surface area contributed by atoms with Gasteiger partial charge in [0.15, 0.2) is 5.13 Å². The molecule has 1 aromatic heterocycles. The number of anilines is 1. The maximum absolute atomic E-state index is 11.8. The lowest BCUT2D eigenvalue weighted by molar-refractivity contribution is -0.127. The van der Waals surface area contributed by atoms with Crippen molar-refractivity contribution in [3.63, 3.8) is 0 Å². The number of likely N-dealkylation sites (N-methyl/N-ethyl adjacent to an activating group) is 1. The van der Waals surface area contributed by atoms with E-state index < -0.39 is 0 Å². The van der Waals surface area contributed by atoms with Crippen LogP contribution in [0.4, 0.5) is 5.13 Å². The van der Waals surface area contributed by atoms with Crippen LogP contribution in [0.15, 0.2) is 6.20 Å². The van der Waals surface area contributed by atoms with Gasteiger partial charge in [-0.3, -0.25) is 9.69 Å².